The summed E-state index contributed by atoms with van der Waals surface area (Å²) >= 11 is 0. The first-order chi connectivity index (χ1) is 14.2. The summed E-state index contributed by atoms with van der Waals surface area (Å²) in [5.74, 6) is -0.0326. The number of hydrogen-bond acceptors (Lipinski definition) is 5. The van der Waals surface area contributed by atoms with Crippen LogP contribution >= 0.6 is 0 Å². The van der Waals surface area contributed by atoms with Gasteiger partial charge in [0.25, 0.3) is 11.5 Å². The lowest BCUT2D eigenvalue weighted by Gasteiger charge is -2.27. The van der Waals surface area contributed by atoms with Gasteiger partial charge < -0.3 is 9.88 Å². The number of hydrogen-bond donors (Lipinski definition) is 1. The molecule has 30 heavy (non-hydrogen) atoms. The number of H-pyrrole nitrogens is 1. The predicted octanol–water partition coefficient (Wildman–Crippen LogP) is 2.22. The van der Waals surface area contributed by atoms with Gasteiger partial charge >= 0.3 is 6.18 Å². The Morgan fingerprint density at radius 1 is 1.23 bits per heavy atom. The molecule has 4 heterocycles. The molecule has 3 aromatic rings. The molecule has 5 rings (SSSR count). The monoisotopic (exact) mass is 418 g/mol. The SMILES string of the molecule is Cc1nc2c(c(=O)[nH]1)CN(C(=O)c1cc3nc(C4CC4)cc(C(F)(F)F)n3n1)CC2. The van der Waals surface area contributed by atoms with Crippen molar-refractivity contribution in [2.75, 3.05) is 6.54 Å². The third-order valence-corrected chi connectivity index (χ3v) is 5.43. The molecule has 0 aromatic carbocycles. The quantitative estimate of drug-likeness (QED) is 0.689. The van der Waals surface area contributed by atoms with Crippen LogP contribution in [-0.2, 0) is 19.1 Å². The molecule has 1 fully saturated rings. The normalized spacial score (nSPS) is 16.7. The standard InChI is InChI=1S/C19H17F3N6O2/c1-9-23-12-4-5-27(8-11(12)17(29)24-9)18(30)14-7-16-25-13(10-2-3-10)6-15(19(20,21)22)28(16)26-14/h6-7,10H,2-5,8H2,1H3,(H,23,24,29). The Bertz CT molecular complexity index is 1240. The van der Waals surface area contributed by atoms with Gasteiger partial charge in [-0.05, 0) is 25.8 Å². The number of aromatic amines is 1. The van der Waals surface area contributed by atoms with E-state index in [1.54, 1.807) is 6.92 Å². The lowest BCUT2D eigenvalue weighted by molar-refractivity contribution is -0.142. The van der Waals surface area contributed by atoms with E-state index in [9.17, 15) is 22.8 Å². The minimum absolute atomic E-state index is 0.0115. The molecule has 0 spiro atoms. The number of aromatic nitrogens is 5. The summed E-state index contributed by atoms with van der Waals surface area (Å²) in [5.41, 5.74) is -0.0368. The van der Waals surface area contributed by atoms with Crippen molar-refractivity contribution in [1.29, 1.82) is 0 Å². The third-order valence-electron chi connectivity index (χ3n) is 5.43. The number of nitrogens with zero attached hydrogens (tertiary/aromatic N) is 5. The smallest absolute Gasteiger partial charge is 0.332 e. The van der Waals surface area contributed by atoms with E-state index in [1.165, 1.54) is 11.0 Å². The van der Waals surface area contributed by atoms with Gasteiger partial charge in [0.2, 0.25) is 0 Å². The number of rotatable bonds is 2. The van der Waals surface area contributed by atoms with Crippen molar-refractivity contribution in [2.45, 2.75) is 44.8 Å². The fourth-order valence-electron chi connectivity index (χ4n) is 3.77. The summed E-state index contributed by atoms with van der Waals surface area (Å²) in [4.78, 5) is 37.7. The second-order valence-electron chi connectivity index (χ2n) is 7.69. The number of aryl methyl sites for hydroxylation is 1. The maximum absolute atomic E-state index is 13.6. The number of halogens is 3. The molecule has 3 aromatic heterocycles. The molecule has 1 amide bonds. The van der Waals surface area contributed by atoms with Crippen molar-refractivity contribution in [3.63, 3.8) is 0 Å². The van der Waals surface area contributed by atoms with Crippen molar-refractivity contribution < 1.29 is 18.0 Å². The summed E-state index contributed by atoms with van der Waals surface area (Å²) in [7, 11) is 0. The van der Waals surface area contributed by atoms with Crippen molar-refractivity contribution in [3.8, 4) is 0 Å². The largest absolute Gasteiger partial charge is 0.433 e. The van der Waals surface area contributed by atoms with Gasteiger partial charge in [-0.25, -0.2) is 14.5 Å². The molecule has 2 aliphatic rings. The van der Waals surface area contributed by atoms with Crippen LogP contribution in [0.25, 0.3) is 5.65 Å². The first-order valence-corrected chi connectivity index (χ1v) is 9.56. The van der Waals surface area contributed by atoms with E-state index in [0.29, 0.717) is 40.3 Å². The van der Waals surface area contributed by atoms with Gasteiger partial charge in [-0.2, -0.15) is 18.3 Å². The molecule has 156 valence electrons. The Balaban J connectivity index is 1.52. The van der Waals surface area contributed by atoms with Gasteiger partial charge in [-0.3, -0.25) is 9.59 Å². The molecule has 1 N–H and O–H groups in total. The highest BCUT2D eigenvalue weighted by atomic mass is 19.4. The van der Waals surface area contributed by atoms with Gasteiger partial charge in [0, 0.05) is 30.6 Å². The van der Waals surface area contributed by atoms with Crippen molar-refractivity contribution >= 4 is 11.6 Å². The van der Waals surface area contributed by atoms with Crippen LogP contribution in [0.4, 0.5) is 13.2 Å². The fourth-order valence-corrected chi connectivity index (χ4v) is 3.77. The van der Waals surface area contributed by atoms with E-state index in [0.717, 1.165) is 18.9 Å². The summed E-state index contributed by atoms with van der Waals surface area (Å²) in [6.45, 7) is 2.00. The average molecular weight is 418 g/mol. The van der Waals surface area contributed by atoms with Crippen LogP contribution in [0.1, 0.15) is 57.7 Å². The van der Waals surface area contributed by atoms with Crippen LogP contribution in [0.15, 0.2) is 16.9 Å². The third kappa shape index (κ3) is 3.14. The molecule has 1 aliphatic heterocycles. The van der Waals surface area contributed by atoms with Crippen molar-refractivity contribution in [2.24, 2.45) is 0 Å². The fraction of sp³-hybridized carbons (Fsp3) is 0.421. The second kappa shape index (κ2) is 6.38. The van der Waals surface area contributed by atoms with Gasteiger partial charge in [0.15, 0.2) is 11.3 Å². The van der Waals surface area contributed by atoms with E-state index < -0.39 is 17.8 Å². The zero-order chi connectivity index (χ0) is 21.2. The summed E-state index contributed by atoms with van der Waals surface area (Å²) < 4.78 is 41.4. The number of carbonyl (C=O) groups is 1. The Labute approximate surface area is 167 Å². The molecule has 0 unspecified atom stereocenters. The Kier molecular flexibility index (Phi) is 3.99. The number of amides is 1. The Hall–Kier alpha value is -3.24. The van der Waals surface area contributed by atoms with Crippen LogP contribution in [0, 0.1) is 6.92 Å². The summed E-state index contributed by atoms with van der Waals surface area (Å²) in [6.07, 6.45) is -2.64. The molecular weight excluding hydrogens is 401 g/mol. The minimum Gasteiger partial charge on any atom is -0.332 e. The van der Waals surface area contributed by atoms with E-state index in [4.69, 9.17) is 0 Å². The highest BCUT2D eigenvalue weighted by Crippen LogP contribution is 2.41. The van der Waals surface area contributed by atoms with Crippen LogP contribution in [0.2, 0.25) is 0 Å². The Morgan fingerprint density at radius 2 is 2.00 bits per heavy atom. The van der Waals surface area contributed by atoms with Crippen LogP contribution in [0.5, 0.6) is 0 Å². The van der Waals surface area contributed by atoms with Crippen molar-refractivity contribution in [3.05, 3.63) is 56.7 Å². The molecule has 0 bridgehead atoms. The minimum atomic E-state index is -4.63. The molecule has 1 saturated carbocycles. The zero-order valence-corrected chi connectivity index (χ0v) is 16.0. The van der Waals surface area contributed by atoms with E-state index >= 15 is 0 Å². The van der Waals surface area contributed by atoms with Gasteiger partial charge in [0.05, 0.1) is 17.8 Å². The lowest BCUT2D eigenvalue weighted by Crippen LogP contribution is -2.39. The van der Waals surface area contributed by atoms with Gasteiger partial charge in [0.1, 0.15) is 11.5 Å². The number of carbonyl (C=O) groups excluding carboxylic acids is 1. The van der Waals surface area contributed by atoms with Gasteiger partial charge in [-0.1, -0.05) is 0 Å². The topological polar surface area (TPSA) is 96.2 Å². The molecular formula is C19H17F3N6O2. The first-order valence-electron chi connectivity index (χ1n) is 9.56. The van der Waals surface area contributed by atoms with Crippen LogP contribution in [-0.4, -0.2) is 41.9 Å². The van der Waals surface area contributed by atoms with E-state index in [2.05, 4.69) is 20.1 Å². The highest BCUT2D eigenvalue weighted by Gasteiger charge is 2.38. The maximum atomic E-state index is 13.6. The average Bonchev–Trinajstić information content (AvgIpc) is 3.44. The number of fused-ring (bicyclic) bond motifs is 2. The molecule has 11 heteroatoms. The molecule has 0 saturated heterocycles. The predicted molar refractivity (Wildman–Crippen MR) is 98.0 cm³/mol. The first kappa shape index (κ1) is 18.8. The van der Waals surface area contributed by atoms with E-state index in [-0.39, 0.29) is 29.4 Å². The zero-order valence-electron chi connectivity index (χ0n) is 16.0. The molecule has 8 nitrogen and oxygen atoms in total. The molecule has 0 atom stereocenters. The lowest BCUT2D eigenvalue weighted by atomic mass is 10.1. The summed E-state index contributed by atoms with van der Waals surface area (Å²) in [6, 6.07) is 2.28. The van der Waals surface area contributed by atoms with Crippen LogP contribution in [0.3, 0.4) is 0 Å². The highest BCUT2D eigenvalue weighted by molar-refractivity contribution is 5.93. The summed E-state index contributed by atoms with van der Waals surface area (Å²) in [5, 5.41) is 3.91. The molecule has 1 aliphatic carbocycles. The van der Waals surface area contributed by atoms with Crippen LogP contribution < -0.4 is 5.56 Å². The maximum Gasteiger partial charge on any atom is 0.433 e. The number of alkyl halides is 3. The number of nitrogens with one attached hydrogen (secondary N) is 1. The molecule has 0 radical (unpaired) electrons. The Morgan fingerprint density at radius 3 is 2.70 bits per heavy atom. The second-order valence-corrected chi connectivity index (χ2v) is 7.69. The van der Waals surface area contributed by atoms with E-state index in [1.807, 2.05) is 0 Å². The van der Waals surface area contributed by atoms with Crippen molar-refractivity contribution in [1.82, 2.24) is 29.5 Å². The van der Waals surface area contributed by atoms with Gasteiger partial charge in [-0.15, -0.1) is 0 Å².